The van der Waals surface area contributed by atoms with E-state index in [1.165, 1.54) is 0 Å². The lowest BCUT2D eigenvalue weighted by Gasteiger charge is -2.23. The Bertz CT molecular complexity index is 158. The maximum Gasteiger partial charge on any atom is 0.133 e. The van der Waals surface area contributed by atoms with Crippen molar-refractivity contribution in [1.82, 2.24) is 10.2 Å². The van der Waals surface area contributed by atoms with Crippen LogP contribution in [0.15, 0.2) is 0 Å². The van der Waals surface area contributed by atoms with Crippen LogP contribution in [0.2, 0.25) is 0 Å². The van der Waals surface area contributed by atoms with Gasteiger partial charge in [0.1, 0.15) is 5.78 Å². The van der Waals surface area contributed by atoms with Crippen molar-refractivity contribution >= 4 is 5.78 Å². The molecule has 0 saturated heterocycles. The second-order valence-corrected chi connectivity index (χ2v) is 4.07. The molecule has 0 atom stereocenters. The molecule has 3 heteroatoms. The van der Waals surface area contributed by atoms with Crippen LogP contribution in [0.5, 0.6) is 0 Å². The van der Waals surface area contributed by atoms with E-state index in [0.717, 1.165) is 38.8 Å². The lowest BCUT2D eigenvalue weighted by atomic mass is 9.94. The summed E-state index contributed by atoms with van der Waals surface area (Å²) < 4.78 is 0. The van der Waals surface area contributed by atoms with E-state index < -0.39 is 0 Å². The molecule has 1 N–H and O–H groups in total. The van der Waals surface area contributed by atoms with Crippen molar-refractivity contribution in [2.24, 2.45) is 0 Å². The van der Waals surface area contributed by atoms with E-state index in [1.807, 2.05) is 0 Å². The van der Waals surface area contributed by atoms with Gasteiger partial charge in [-0.2, -0.15) is 0 Å². The quantitative estimate of drug-likeness (QED) is 0.696. The maximum atomic E-state index is 11.0. The van der Waals surface area contributed by atoms with E-state index >= 15 is 0 Å². The highest BCUT2D eigenvalue weighted by molar-refractivity contribution is 5.79. The van der Waals surface area contributed by atoms with Crippen molar-refractivity contribution < 1.29 is 4.79 Å². The second kappa shape index (κ2) is 5.35. The SMILES string of the molecule is CN(C)CCNC1CCC(=O)CC1. The number of hydrogen-bond donors (Lipinski definition) is 1. The Kier molecular flexibility index (Phi) is 4.39. The van der Waals surface area contributed by atoms with Gasteiger partial charge in [-0.1, -0.05) is 0 Å². The van der Waals surface area contributed by atoms with Crippen LogP contribution in [0.4, 0.5) is 0 Å². The minimum atomic E-state index is 0.436. The Morgan fingerprint density at radius 1 is 1.38 bits per heavy atom. The third kappa shape index (κ3) is 4.39. The lowest BCUT2D eigenvalue weighted by molar-refractivity contribution is -0.120. The predicted molar refractivity (Wildman–Crippen MR) is 53.8 cm³/mol. The van der Waals surface area contributed by atoms with Crippen LogP contribution < -0.4 is 5.32 Å². The fourth-order valence-corrected chi connectivity index (χ4v) is 1.64. The molecule has 0 aromatic rings. The smallest absolute Gasteiger partial charge is 0.133 e. The topological polar surface area (TPSA) is 32.3 Å². The summed E-state index contributed by atoms with van der Waals surface area (Å²) in [6.07, 6.45) is 3.62. The first-order chi connectivity index (χ1) is 6.18. The zero-order chi connectivity index (χ0) is 9.68. The number of rotatable bonds is 4. The van der Waals surface area contributed by atoms with Gasteiger partial charge in [-0.3, -0.25) is 4.79 Å². The average Bonchev–Trinajstić information content (AvgIpc) is 2.08. The third-order valence-electron chi connectivity index (χ3n) is 2.54. The van der Waals surface area contributed by atoms with Crippen LogP contribution in [0.3, 0.4) is 0 Å². The highest BCUT2D eigenvalue weighted by atomic mass is 16.1. The molecule has 0 radical (unpaired) electrons. The van der Waals surface area contributed by atoms with Gasteiger partial charge in [0.15, 0.2) is 0 Å². The van der Waals surface area contributed by atoms with Gasteiger partial charge in [0.05, 0.1) is 0 Å². The summed E-state index contributed by atoms with van der Waals surface area (Å²) in [6, 6.07) is 0.581. The van der Waals surface area contributed by atoms with Crippen LogP contribution in [-0.2, 0) is 4.79 Å². The van der Waals surface area contributed by atoms with Gasteiger partial charge in [-0.15, -0.1) is 0 Å². The number of hydrogen-bond acceptors (Lipinski definition) is 3. The van der Waals surface area contributed by atoms with Crippen LogP contribution >= 0.6 is 0 Å². The number of carbonyl (C=O) groups excluding carboxylic acids is 1. The van der Waals surface area contributed by atoms with Gasteiger partial charge in [0.25, 0.3) is 0 Å². The van der Waals surface area contributed by atoms with Gasteiger partial charge in [-0.05, 0) is 26.9 Å². The van der Waals surface area contributed by atoms with E-state index in [0.29, 0.717) is 11.8 Å². The molecule has 0 unspecified atom stereocenters. The molecule has 1 fully saturated rings. The van der Waals surface area contributed by atoms with Crippen LogP contribution in [-0.4, -0.2) is 43.9 Å². The highest BCUT2D eigenvalue weighted by Gasteiger charge is 2.17. The Morgan fingerprint density at radius 3 is 2.54 bits per heavy atom. The predicted octanol–water partition coefficient (Wildman–Crippen LogP) is 0.649. The fourth-order valence-electron chi connectivity index (χ4n) is 1.64. The van der Waals surface area contributed by atoms with E-state index in [-0.39, 0.29) is 0 Å². The van der Waals surface area contributed by atoms with Crippen molar-refractivity contribution in [2.75, 3.05) is 27.2 Å². The van der Waals surface area contributed by atoms with Gasteiger partial charge < -0.3 is 10.2 Å². The van der Waals surface area contributed by atoms with Gasteiger partial charge in [0, 0.05) is 32.0 Å². The summed E-state index contributed by atoms with van der Waals surface area (Å²) in [5, 5.41) is 3.48. The average molecular weight is 184 g/mol. The number of Topliss-reactive ketones (excluding diaryl/α,β-unsaturated/α-hetero) is 1. The molecule has 3 nitrogen and oxygen atoms in total. The number of likely N-dealkylation sites (N-methyl/N-ethyl adjacent to an activating group) is 1. The molecule has 1 aliphatic rings. The molecule has 0 heterocycles. The molecule has 76 valence electrons. The molecule has 0 aromatic carbocycles. The molecule has 1 aliphatic carbocycles. The first-order valence-electron chi connectivity index (χ1n) is 5.08. The monoisotopic (exact) mass is 184 g/mol. The van der Waals surface area contributed by atoms with E-state index in [9.17, 15) is 4.79 Å². The first-order valence-corrected chi connectivity index (χ1v) is 5.08. The Balaban J connectivity index is 2.05. The van der Waals surface area contributed by atoms with E-state index in [1.54, 1.807) is 0 Å². The zero-order valence-corrected chi connectivity index (χ0v) is 8.68. The normalized spacial score (nSPS) is 19.8. The molecule has 0 aromatic heterocycles. The lowest BCUT2D eigenvalue weighted by Crippen LogP contribution is -2.37. The molecular weight excluding hydrogens is 164 g/mol. The van der Waals surface area contributed by atoms with Crippen molar-refractivity contribution in [2.45, 2.75) is 31.7 Å². The number of carbonyl (C=O) groups is 1. The molecule has 0 bridgehead atoms. The maximum absolute atomic E-state index is 11.0. The van der Waals surface area contributed by atoms with E-state index in [2.05, 4.69) is 24.3 Å². The summed E-state index contributed by atoms with van der Waals surface area (Å²) in [4.78, 5) is 13.1. The van der Waals surface area contributed by atoms with E-state index in [4.69, 9.17) is 0 Å². The number of ketones is 1. The first kappa shape index (κ1) is 10.7. The van der Waals surface area contributed by atoms with Gasteiger partial charge in [-0.25, -0.2) is 0 Å². The Labute approximate surface area is 80.5 Å². The molecule has 1 saturated carbocycles. The van der Waals surface area contributed by atoms with Crippen molar-refractivity contribution in [3.8, 4) is 0 Å². The second-order valence-electron chi connectivity index (χ2n) is 4.07. The molecule has 0 aliphatic heterocycles. The Morgan fingerprint density at radius 2 is 2.00 bits per heavy atom. The van der Waals surface area contributed by atoms with Gasteiger partial charge in [0.2, 0.25) is 0 Å². The minimum absolute atomic E-state index is 0.436. The highest BCUT2D eigenvalue weighted by Crippen LogP contribution is 2.14. The third-order valence-corrected chi connectivity index (χ3v) is 2.54. The molecule has 0 amide bonds. The van der Waals surface area contributed by atoms with Crippen molar-refractivity contribution in [3.63, 3.8) is 0 Å². The van der Waals surface area contributed by atoms with Crippen molar-refractivity contribution in [1.29, 1.82) is 0 Å². The molecular formula is C10H20N2O. The molecule has 13 heavy (non-hydrogen) atoms. The summed E-state index contributed by atoms with van der Waals surface area (Å²) in [7, 11) is 4.15. The summed E-state index contributed by atoms with van der Waals surface area (Å²) >= 11 is 0. The van der Waals surface area contributed by atoms with Crippen LogP contribution in [0.1, 0.15) is 25.7 Å². The van der Waals surface area contributed by atoms with Gasteiger partial charge >= 0.3 is 0 Å². The minimum Gasteiger partial charge on any atom is -0.313 e. The fraction of sp³-hybridized carbons (Fsp3) is 0.900. The number of nitrogens with zero attached hydrogens (tertiary/aromatic N) is 1. The summed E-state index contributed by atoms with van der Waals surface area (Å²) in [5.41, 5.74) is 0. The standard InChI is InChI=1S/C10H20N2O/c1-12(2)8-7-11-9-3-5-10(13)6-4-9/h9,11H,3-8H2,1-2H3. The summed E-state index contributed by atoms with van der Waals surface area (Å²) in [6.45, 7) is 2.11. The van der Waals surface area contributed by atoms with Crippen LogP contribution in [0, 0.1) is 0 Å². The number of nitrogens with one attached hydrogen (secondary N) is 1. The van der Waals surface area contributed by atoms with Crippen LogP contribution in [0.25, 0.3) is 0 Å². The summed E-state index contributed by atoms with van der Waals surface area (Å²) in [5.74, 6) is 0.436. The Hall–Kier alpha value is -0.410. The molecule has 1 rings (SSSR count). The largest absolute Gasteiger partial charge is 0.313 e. The zero-order valence-electron chi connectivity index (χ0n) is 8.68. The molecule has 0 spiro atoms. The van der Waals surface area contributed by atoms with Crippen molar-refractivity contribution in [3.05, 3.63) is 0 Å².